The van der Waals surface area contributed by atoms with E-state index in [2.05, 4.69) is 79.1 Å². The lowest BCUT2D eigenvalue weighted by molar-refractivity contribution is -0.161. The molecule has 0 aliphatic rings. The predicted molar refractivity (Wildman–Crippen MR) is 233 cm³/mol. The number of phosphoric ester groups is 1. The van der Waals surface area contributed by atoms with Crippen LogP contribution in [0.4, 0.5) is 0 Å². The van der Waals surface area contributed by atoms with Crippen molar-refractivity contribution in [2.75, 3.05) is 26.4 Å². The molecule has 1 unspecified atom stereocenters. The van der Waals surface area contributed by atoms with Crippen LogP contribution in [0.5, 0.6) is 0 Å². The molecule has 0 amide bonds. The van der Waals surface area contributed by atoms with Crippen LogP contribution in [0.3, 0.4) is 0 Å². The summed E-state index contributed by atoms with van der Waals surface area (Å²) in [5, 5.41) is 18.3. The van der Waals surface area contributed by atoms with E-state index in [1.165, 1.54) is 64.2 Å². The number of carbonyl (C=O) groups excluding carboxylic acids is 2. The van der Waals surface area contributed by atoms with Crippen LogP contribution >= 0.6 is 7.82 Å². The first-order valence-corrected chi connectivity index (χ1v) is 23.4. The molecule has 3 atom stereocenters. The number of phosphoric acid groups is 1. The summed E-state index contributed by atoms with van der Waals surface area (Å²) in [4.78, 5) is 34.9. The third-order valence-electron chi connectivity index (χ3n) is 8.85. The highest BCUT2D eigenvalue weighted by Crippen LogP contribution is 2.43. The quantitative estimate of drug-likeness (QED) is 0.0236. The lowest BCUT2D eigenvalue weighted by Gasteiger charge is -2.20. The summed E-state index contributed by atoms with van der Waals surface area (Å²) in [6, 6.07) is 0. The average molecular weight is 823 g/mol. The van der Waals surface area contributed by atoms with Gasteiger partial charge in [0.05, 0.1) is 19.8 Å². The number of ether oxygens (including phenoxy) is 2. The normalized spacial score (nSPS) is 14.5. The molecule has 0 spiro atoms. The molecule has 0 aromatic carbocycles. The van der Waals surface area contributed by atoms with Gasteiger partial charge in [0, 0.05) is 12.8 Å². The third-order valence-corrected chi connectivity index (χ3v) is 9.80. The van der Waals surface area contributed by atoms with Crippen LogP contribution < -0.4 is 0 Å². The largest absolute Gasteiger partial charge is 0.472 e. The molecule has 0 saturated heterocycles. The van der Waals surface area contributed by atoms with Crippen molar-refractivity contribution < 1.29 is 47.8 Å². The summed E-state index contributed by atoms with van der Waals surface area (Å²) in [5.41, 5.74) is 0. The average Bonchev–Trinajstić information content (AvgIpc) is 3.20. The Morgan fingerprint density at radius 3 is 1.49 bits per heavy atom. The van der Waals surface area contributed by atoms with E-state index in [-0.39, 0.29) is 19.4 Å². The van der Waals surface area contributed by atoms with Gasteiger partial charge in [-0.3, -0.25) is 18.6 Å². The maximum absolute atomic E-state index is 12.6. The maximum atomic E-state index is 12.6. The smallest absolute Gasteiger partial charge is 0.462 e. The predicted octanol–water partition coefficient (Wildman–Crippen LogP) is 11.7. The molecule has 328 valence electrons. The minimum Gasteiger partial charge on any atom is -0.462 e. The molecule has 0 rings (SSSR count). The summed E-state index contributed by atoms with van der Waals surface area (Å²) in [6.45, 7) is 2.24. The number of hydrogen-bond donors (Lipinski definition) is 3. The van der Waals surface area contributed by atoms with E-state index < -0.39 is 51.8 Å². The molecule has 0 saturated carbocycles. The molecule has 0 fully saturated rings. The van der Waals surface area contributed by atoms with E-state index in [0.29, 0.717) is 12.8 Å². The fourth-order valence-corrected chi connectivity index (χ4v) is 6.23. The van der Waals surface area contributed by atoms with Crippen LogP contribution in [0.1, 0.15) is 168 Å². The van der Waals surface area contributed by atoms with Gasteiger partial charge in [-0.25, -0.2) is 4.57 Å². The van der Waals surface area contributed by atoms with Gasteiger partial charge in [0.25, 0.3) is 0 Å². The van der Waals surface area contributed by atoms with Crippen LogP contribution in [-0.4, -0.2) is 65.7 Å². The van der Waals surface area contributed by atoms with Crippen LogP contribution in [0.25, 0.3) is 0 Å². The number of rotatable bonds is 40. The number of aliphatic hydroxyl groups excluding tert-OH is 2. The van der Waals surface area contributed by atoms with Gasteiger partial charge in [-0.1, -0.05) is 151 Å². The highest BCUT2D eigenvalue weighted by Gasteiger charge is 2.27. The molecule has 0 aromatic rings. The zero-order chi connectivity index (χ0) is 41.9. The van der Waals surface area contributed by atoms with Crippen molar-refractivity contribution in [3.05, 3.63) is 72.9 Å². The third kappa shape index (κ3) is 41.4. The Morgan fingerprint density at radius 2 is 0.947 bits per heavy atom. The molecule has 57 heavy (non-hydrogen) atoms. The molecule has 0 aromatic heterocycles. The molecule has 11 heteroatoms. The van der Waals surface area contributed by atoms with Crippen molar-refractivity contribution in [2.45, 2.75) is 180 Å². The summed E-state index contributed by atoms with van der Waals surface area (Å²) in [7, 11) is -4.64. The van der Waals surface area contributed by atoms with Gasteiger partial charge in [0.1, 0.15) is 12.7 Å². The van der Waals surface area contributed by atoms with Crippen molar-refractivity contribution in [3.8, 4) is 0 Å². The summed E-state index contributed by atoms with van der Waals surface area (Å²) in [5.74, 6) is -1.04. The van der Waals surface area contributed by atoms with Gasteiger partial charge in [-0.15, -0.1) is 0 Å². The molecular weight excluding hydrogens is 743 g/mol. The Morgan fingerprint density at radius 1 is 0.526 bits per heavy atom. The number of unbranched alkanes of at least 4 members (excludes halogenated alkanes) is 14. The molecule has 0 heterocycles. The molecule has 0 radical (unpaired) electrons. The van der Waals surface area contributed by atoms with Crippen molar-refractivity contribution in [1.29, 1.82) is 0 Å². The number of esters is 2. The van der Waals surface area contributed by atoms with E-state index in [0.717, 1.165) is 64.2 Å². The zero-order valence-corrected chi connectivity index (χ0v) is 36.4. The Labute approximate surface area is 346 Å². The minimum atomic E-state index is -4.64. The van der Waals surface area contributed by atoms with Crippen molar-refractivity contribution in [2.24, 2.45) is 0 Å². The fourth-order valence-electron chi connectivity index (χ4n) is 5.44. The fraction of sp³-hybridized carbons (Fsp3) is 0.696. The first-order chi connectivity index (χ1) is 27.7. The number of allylic oxidation sites excluding steroid dienone is 12. The number of hydrogen-bond acceptors (Lipinski definition) is 9. The maximum Gasteiger partial charge on any atom is 0.472 e. The van der Waals surface area contributed by atoms with Crippen molar-refractivity contribution in [1.82, 2.24) is 0 Å². The molecule has 10 nitrogen and oxygen atoms in total. The summed E-state index contributed by atoms with van der Waals surface area (Å²) >= 11 is 0. The highest BCUT2D eigenvalue weighted by atomic mass is 31.2. The van der Waals surface area contributed by atoms with E-state index in [1.54, 1.807) is 0 Å². The summed E-state index contributed by atoms with van der Waals surface area (Å²) in [6.07, 6.45) is 47.4. The minimum absolute atomic E-state index is 0.113. The number of aliphatic hydroxyl groups is 2. The Kier molecular flexibility index (Phi) is 39.7. The van der Waals surface area contributed by atoms with Gasteiger partial charge in [-0.05, 0) is 77.0 Å². The molecular formula is C46H79O10P. The van der Waals surface area contributed by atoms with Crippen LogP contribution in [-0.2, 0) is 32.7 Å². The lowest BCUT2D eigenvalue weighted by atomic mass is 10.1. The second-order valence-corrected chi connectivity index (χ2v) is 15.8. The summed E-state index contributed by atoms with van der Waals surface area (Å²) < 4.78 is 32.6. The topological polar surface area (TPSA) is 149 Å². The van der Waals surface area contributed by atoms with Crippen LogP contribution in [0.15, 0.2) is 72.9 Å². The van der Waals surface area contributed by atoms with Crippen molar-refractivity contribution >= 4 is 19.8 Å². The Bertz CT molecular complexity index is 1180. The first-order valence-electron chi connectivity index (χ1n) is 21.9. The molecule has 0 aliphatic carbocycles. The van der Waals surface area contributed by atoms with E-state index in [4.69, 9.17) is 19.1 Å². The standard InChI is InChI=1S/C46H79O10P/c1-3-5-7-9-11-13-15-17-19-20-21-22-24-25-27-29-31-33-35-37-45(49)53-41-44(42-55-57(51,52)54-40-43(48)39-47)56-46(50)38-36-34-32-30-28-26-23-18-16-14-12-10-8-6-4-2/h11,13,17-19,21-23,25,27,31,33,43-44,47-48H,3-10,12,14-16,20,24,26,28-30,32,34-42H2,1-2H3,(H,51,52)/b13-11+,19-17+,22-21+,23-18+,27-25+,33-31+/t43-,44+/m0/s1. The monoisotopic (exact) mass is 823 g/mol. The van der Waals surface area contributed by atoms with E-state index in [9.17, 15) is 24.2 Å². The Balaban J connectivity index is 4.44. The zero-order valence-electron chi connectivity index (χ0n) is 35.5. The second kappa shape index (κ2) is 41.6. The van der Waals surface area contributed by atoms with E-state index in [1.807, 2.05) is 12.2 Å². The molecule has 3 N–H and O–H groups in total. The highest BCUT2D eigenvalue weighted by molar-refractivity contribution is 7.47. The van der Waals surface area contributed by atoms with Gasteiger partial charge >= 0.3 is 19.8 Å². The molecule has 0 aliphatic heterocycles. The number of carbonyl (C=O) groups is 2. The van der Waals surface area contributed by atoms with Gasteiger partial charge < -0.3 is 24.6 Å². The van der Waals surface area contributed by atoms with Crippen LogP contribution in [0.2, 0.25) is 0 Å². The SMILES string of the molecule is CCCCC/C=C/C/C=C/C/C=C/C/C=C/C/C=C/CCC(=O)OC[C@H](COP(=O)(O)OC[C@@H](O)CO)OC(=O)CCCCCCC/C=C/CCCCCCCC. The Hall–Kier alpha value is -2.59. The molecule has 0 bridgehead atoms. The lowest BCUT2D eigenvalue weighted by Crippen LogP contribution is -2.29. The van der Waals surface area contributed by atoms with Gasteiger partial charge in [0.15, 0.2) is 6.10 Å². The van der Waals surface area contributed by atoms with Crippen LogP contribution in [0, 0.1) is 0 Å². The first kappa shape index (κ1) is 54.4. The van der Waals surface area contributed by atoms with Gasteiger partial charge in [-0.2, -0.15) is 0 Å². The second-order valence-electron chi connectivity index (χ2n) is 14.4. The van der Waals surface area contributed by atoms with E-state index >= 15 is 0 Å². The van der Waals surface area contributed by atoms with Crippen molar-refractivity contribution in [3.63, 3.8) is 0 Å². The van der Waals surface area contributed by atoms with Gasteiger partial charge in [0.2, 0.25) is 0 Å².